The van der Waals surface area contributed by atoms with E-state index in [0.717, 1.165) is 42.5 Å². The average Bonchev–Trinajstić information content (AvgIpc) is 3.29. The highest BCUT2D eigenvalue weighted by Crippen LogP contribution is 2.32. The van der Waals surface area contributed by atoms with E-state index in [1.165, 1.54) is 6.20 Å². The standard InChI is InChI=1S/C29H33N3O3/c1-20(2)32(28(33)24-15-9-21(3)10-16-24)27-26(29(34)35)19-31(30-27)25-17-13-23(14-18-25)12-11-22-7-5-4-6-8-22/h4-8,11-14,17-21,24H,9-10,15-16H2,1-3H3,(H,34,35). The zero-order chi connectivity index (χ0) is 24.9. The first-order chi connectivity index (χ1) is 16.8. The Labute approximate surface area is 206 Å². The summed E-state index contributed by atoms with van der Waals surface area (Å²) in [5, 5.41) is 14.5. The number of carboxylic acid groups (broad SMARTS) is 1. The third-order valence-corrected chi connectivity index (χ3v) is 6.70. The van der Waals surface area contributed by atoms with E-state index in [-0.39, 0.29) is 29.2 Å². The number of aromatic nitrogens is 2. The Balaban J connectivity index is 1.60. The number of nitrogens with zero attached hydrogens (tertiary/aromatic N) is 3. The summed E-state index contributed by atoms with van der Waals surface area (Å²) in [6.07, 6.45) is 9.29. The second-order valence-electron chi connectivity index (χ2n) is 9.71. The first-order valence-corrected chi connectivity index (χ1v) is 12.3. The maximum absolute atomic E-state index is 13.5. The maximum Gasteiger partial charge on any atom is 0.341 e. The molecule has 1 fully saturated rings. The van der Waals surface area contributed by atoms with Crippen molar-refractivity contribution in [1.82, 2.24) is 9.78 Å². The van der Waals surface area contributed by atoms with Gasteiger partial charge in [-0.3, -0.25) is 9.69 Å². The number of aromatic carboxylic acids is 1. The summed E-state index contributed by atoms with van der Waals surface area (Å²) in [4.78, 5) is 27.2. The van der Waals surface area contributed by atoms with Crippen molar-refractivity contribution in [2.24, 2.45) is 11.8 Å². The van der Waals surface area contributed by atoms with Crippen molar-refractivity contribution < 1.29 is 14.7 Å². The second kappa shape index (κ2) is 10.7. The Morgan fingerprint density at radius 3 is 2.14 bits per heavy atom. The lowest BCUT2D eigenvalue weighted by atomic mass is 9.82. The van der Waals surface area contributed by atoms with Crippen LogP contribution in [0.4, 0.5) is 5.82 Å². The van der Waals surface area contributed by atoms with Crippen molar-refractivity contribution in [3.05, 3.63) is 77.5 Å². The van der Waals surface area contributed by atoms with Gasteiger partial charge in [0.2, 0.25) is 5.91 Å². The van der Waals surface area contributed by atoms with Crippen molar-refractivity contribution in [3.63, 3.8) is 0 Å². The molecule has 1 N–H and O–H groups in total. The summed E-state index contributed by atoms with van der Waals surface area (Å²) in [6.45, 7) is 6.03. The highest BCUT2D eigenvalue weighted by Gasteiger charge is 2.34. The lowest BCUT2D eigenvalue weighted by Gasteiger charge is -2.32. The number of carbonyl (C=O) groups excluding carboxylic acids is 1. The number of hydrogen-bond acceptors (Lipinski definition) is 3. The predicted molar refractivity (Wildman–Crippen MR) is 140 cm³/mol. The molecule has 35 heavy (non-hydrogen) atoms. The number of rotatable bonds is 7. The molecular formula is C29H33N3O3. The van der Waals surface area contributed by atoms with Crippen molar-refractivity contribution in [1.29, 1.82) is 0 Å². The zero-order valence-electron chi connectivity index (χ0n) is 20.6. The first kappa shape index (κ1) is 24.5. The summed E-state index contributed by atoms with van der Waals surface area (Å²) < 4.78 is 1.55. The SMILES string of the molecule is CC1CCC(C(=O)N(c2nn(-c3ccc(C=Cc4ccccc4)cc3)cc2C(=O)O)C(C)C)CC1. The molecule has 6 nitrogen and oxygen atoms in total. The van der Waals surface area contributed by atoms with E-state index in [1.807, 2.05) is 80.6 Å². The highest BCUT2D eigenvalue weighted by molar-refractivity contribution is 6.01. The maximum atomic E-state index is 13.5. The normalized spacial score (nSPS) is 18.2. The second-order valence-corrected chi connectivity index (χ2v) is 9.71. The van der Waals surface area contributed by atoms with Gasteiger partial charge >= 0.3 is 5.97 Å². The van der Waals surface area contributed by atoms with E-state index in [1.54, 1.807) is 9.58 Å². The van der Waals surface area contributed by atoms with Gasteiger partial charge in [0.25, 0.3) is 0 Å². The monoisotopic (exact) mass is 471 g/mol. The summed E-state index contributed by atoms with van der Waals surface area (Å²) in [5.41, 5.74) is 2.90. The molecule has 0 atom stereocenters. The van der Waals surface area contributed by atoms with Gasteiger partial charge in [-0.2, -0.15) is 0 Å². The number of amides is 1. The van der Waals surface area contributed by atoms with Gasteiger partial charge in [0.1, 0.15) is 5.56 Å². The van der Waals surface area contributed by atoms with Crippen molar-refractivity contribution in [2.75, 3.05) is 4.90 Å². The zero-order valence-corrected chi connectivity index (χ0v) is 20.6. The minimum Gasteiger partial charge on any atom is -0.477 e. The lowest BCUT2D eigenvalue weighted by molar-refractivity contribution is -0.123. The number of anilines is 1. The highest BCUT2D eigenvalue weighted by atomic mass is 16.4. The Morgan fingerprint density at radius 2 is 1.57 bits per heavy atom. The van der Waals surface area contributed by atoms with E-state index in [9.17, 15) is 14.7 Å². The molecule has 1 aliphatic carbocycles. The van der Waals surface area contributed by atoms with Gasteiger partial charge in [0.05, 0.1) is 5.69 Å². The fourth-order valence-electron chi connectivity index (χ4n) is 4.63. The van der Waals surface area contributed by atoms with Crippen LogP contribution < -0.4 is 4.90 Å². The molecule has 0 spiro atoms. The van der Waals surface area contributed by atoms with Gasteiger partial charge in [0, 0.05) is 18.2 Å². The van der Waals surface area contributed by atoms with Crippen molar-refractivity contribution in [2.45, 2.75) is 52.5 Å². The number of benzene rings is 2. The van der Waals surface area contributed by atoms with E-state index in [4.69, 9.17) is 0 Å². The first-order valence-electron chi connectivity index (χ1n) is 12.3. The Kier molecular flexibility index (Phi) is 7.49. The van der Waals surface area contributed by atoms with E-state index in [0.29, 0.717) is 5.92 Å². The predicted octanol–water partition coefficient (Wildman–Crippen LogP) is 6.31. The fourth-order valence-corrected chi connectivity index (χ4v) is 4.63. The van der Waals surface area contributed by atoms with Gasteiger partial charge in [-0.1, -0.05) is 61.5 Å². The summed E-state index contributed by atoms with van der Waals surface area (Å²) in [6, 6.07) is 17.6. The summed E-state index contributed by atoms with van der Waals surface area (Å²) >= 11 is 0. The van der Waals surface area contributed by atoms with E-state index >= 15 is 0 Å². The van der Waals surface area contributed by atoms with Crippen molar-refractivity contribution in [3.8, 4) is 5.69 Å². The van der Waals surface area contributed by atoms with Gasteiger partial charge in [-0.05, 0) is 68.7 Å². The third kappa shape index (κ3) is 5.70. The van der Waals surface area contributed by atoms with Crippen LogP contribution in [0.15, 0.2) is 60.8 Å². The van der Waals surface area contributed by atoms with Gasteiger partial charge in [-0.15, -0.1) is 5.10 Å². The molecule has 3 aromatic rings. The third-order valence-electron chi connectivity index (χ3n) is 6.70. The smallest absolute Gasteiger partial charge is 0.341 e. The molecule has 1 aromatic heterocycles. The molecule has 2 aromatic carbocycles. The van der Waals surface area contributed by atoms with Gasteiger partial charge < -0.3 is 5.11 Å². The molecule has 6 heteroatoms. The van der Waals surface area contributed by atoms with Gasteiger partial charge in [-0.25, -0.2) is 9.48 Å². The number of hydrogen-bond donors (Lipinski definition) is 1. The van der Waals surface area contributed by atoms with Crippen LogP contribution in [0.25, 0.3) is 17.8 Å². The van der Waals surface area contributed by atoms with Crippen LogP contribution >= 0.6 is 0 Å². The molecule has 0 bridgehead atoms. The van der Waals surface area contributed by atoms with Crippen LogP contribution in [-0.4, -0.2) is 32.8 Å². The largest absolute Gasteiger partial charge is 0.477 e. The fraction of sp³-hybridized carbons (Fsp3) is 0.345. The Bertz CT molecular complexity index is 1190. The van der Waals surface area contributed by atoms with E-state index in [2.05, 4.69) is 12.0 Å². The Hall–Kier alpha value is -3.67. The lowest BCUT2D eigenvalue weighted by Crippen LogP contribution is -2.43. The van der Waals surface area contributed by atoms with Crippen LogP contribution in [0, 0.1) is 11.8 Å². The van der Waals surface area contributed by atoms with Crippen LogP contribution in [0.2, 0.25) is 0 Å². The molecule has 0 unspecified atom stereocenters. The van der Waals surface area contributed by atoms with E-state index < -0.39 is 5.97 Å². The molecule has 1 saturated carbocycles. The van der Waals surface area contributed by atoms with Crippen LogP contribution in [0.1, 0.15) is 67.9 Å². The topological polar surface area (TPSA) is 75.4 Å². The molecule has 4 rings (SSSR count). The molecular weight excluding hydrogens is 438 g/mol. The summed E-state index contributed by atoms with van der Waals surface area (Å²) in [5.74, 6) is -0.364. The van der Waals surface area contributed by atoms with Crippen LogP contribution in [-0.2, 0) is 4.79 Å². The average molecular weight is 472 g/mol. The molecule has 1 heterocycles. The Morgan fingerprint density at radius 1 is 0.971 bits per heavy atom. The minimum absolute atomic E-state index is 0.0268. The number of carbonyl (C=O) groups is 2. The van der Waals surface area contributed by atoms with Gasteiger partial charge in [0.15, 0.2) is 5.82 Å². The molecule has 182 valence electrons. The molecule has 0 radical (unpaired) electrons. The van der Waals surface area contributed by atoms with Crippen molar-refractivity contribution >= 4 is 29.8 Å². The molecule has 1 amide bonds. The molecule has 0 aliphatic heterocycles. The van der Waals surface area contributed by atoms with Crippen LogP contribution in [0.5, 0.6) is 0 Å². The molecule has 0 saturated heterocycles. The summed E-state index contributed by atoms with van der Waals surface area (Å²) in [7, 11) is 0. The van der Waals surface area contributed by atoms with Crippen LogP contribution in [0.3, 0.4) is 0 Å². The quantitative estimate of drug-likeness (QED) is 0.410. The minimum atomic E-state index is -1.09. The molecule has 1 aliphatic rings. The number of carboxylic acids is 1.